The number of sulfone groups is 1. The summed E-state index contributed by atoms with van der Waals surface area (Å²) in [6, 6.07) is 7.75. The van der Waals surface area contributed by atoms with Crippen LogP contribution in [0.3, 0.4) is 0 Å². The molecule has 1 aromatic carbocycles. The van der Waals surface area contributed by atoms with Gasteiger partial charge in [0.1, 0.15) is 0 Å². The third kappa shape index (κ3) is 3.28. The highest BCUT2D eigenvalue weighted by atomic mass is 32.2. The molecule has 0 bridgehead atoms. The number of anilines is 1. The van der Waals surface area contributed by atoms with Crippen LogP contribution in [0.25, 0.3) is 0 Å². The van der Waals surface area contributed by atoms with Crippen molar-refractivity contribution >= 4 is 15.5 Å². The number of hydrogen-bond donors (Lipinski definition) is 1. The summed E-state index contributed by atoms with van der Waals surface area (Å²) in [6.07, 6.45) is 0.269. The number of rotatable bonds is 3. The molecule has 1 aliphatic heterocycles. The van der Waals surface area contributed by atoms with Crippen LogP contribution in [-0.2, 0) is 9.84 Å². The van der Waals surface area contributed by atoms with E-state index in [1.807, 2.05) is 38.1 Å². The second kappa shape index (κ2) is 5.51. The highest BCUT2D eigenvalue weighted by Gasteiger charge is 2.28. The Bertz CT molecular complexity index is 524. The maximum atomic E-state index is 11.6. The third-order valence-corrected chi connectivity index (χ3v) is 5.46. The lowest BCUT2D eigenvalue weighted by atomic mass is 10.1. The first-order chi connectivity index (χ1) is 8.93. The largest absolute Gasteiger partial charge is 0.388 e. The Morgan fingerprint density at radius 3 is 2.53 bits per heavy atom. The minimum absolute atomic E-state index is 0.000647. The van der Waals surface area contributed by atoms with E-state index in [1.54, 1.807) is 0 Å². The van der Waals surface area contributed by atoms with Crippen LogP contribution in [0.15, 0.2) is 24.3 Å². The molecule has 106 valence electrons. The molecule has 0 aromatic heterocycles. The van der Waals surface area contributed by atoms with Crippen molar-refractivity contribution in [1.82, 2.24) is 0 Å². The van der Waals surface area contributed by atoms with E-state index < -0.39 is 15.9 Å². The molecule has 1 N–H and O–H groups in total. The van der Waals surface area contributed by atoms with Crippen LogP contribution in [0, 0.1) is 0 Å². The molecule has 1 heterocycles. The third-order valence-electron chi connectivity index (χ3n) is 3.67. The Balaban J connectivity index is 2.15. The van der Waals surface area contributed by atoms with Crippen LogP contribution in [-0.4, -0.2) is 37.6 Å². The van der Waals surface area contributed by atoms with Gasteiger partial charge in [0, 0.05) is 18.3 Å². The van der Waals surface area contributed by atoms with E-state index in [0.717, 1.165) is 11.3 Å². The van der Waals surface area contributed by atoms with Gasteiger partial charge in [0.05, 0.1) is 17.6 Å². The molecule has 0 amide bonds. The van der Waals surface area contributed by atoms with E-state index in [1.165, 1.54) is 0 Å². The smallest absolute Gasteiger partial charge is 0.154 e. The van der Waals surface area contributed by atoms with Crippen molar-refractivity contribution in [3.63, 3.8) is 0 Å². The van der Waals surface area contributed by atoms with Crippen LogP contribution in [0.4, 0.5) is 5.69 Å². The van der Waals surface area contributed by atoms with Crippen LogP contribution in [0.2, 0.25) is 0 Å². The summed E-state index contributed by atoms with van der Waals surface area (Å²) in [5.41, 5.74) is 1.93. The number of benzene rings is 1. The van der Waals surface area contributed by atoms with Crippen molar-refractivity contribution in [2.45, 2.75) is 32.4 Å². The monoisotopic (exact) mass is 283 g/mol. The maximum Gasteiger partial charge on any atom is 0.154 e. The minimum atomic E-state index is -2.88. The van der Waals surface area contributed by atoms with E-state index in [4.69, 9.17) is 0 Å². The van der Waals surface area contributed by atoms with Gasteiger partial charge in [0.25, 0.3) is 0 Å². The highest BCUT2D eigenvalue weighted by molar-refractivity contribution is 7.91. The zero-order valence-corrected chi connectivity index (χ0v) is 12.2. The molecule has 2 atom stereocenters. The lowest BCUT2D eigenvalue weighted by Crippen LogP contribution is -2.47. The van der Waals surface area contributed by atoms with Gasteiger partial charge in [-0.1, -0.05) is 19.1 Å². The molecule has 4 nitrogen and oxygen atoms in total. The van der Waals surface area contributed by atoms with Gasteiger partial charge in [-0.15, -0.1) is 0 Å². The topological polar surface area (TPSA) is 57.6 Å². The molecule has 1 aromatic rings. The maximum absolute atomic E-state index is 11.6. The molecule has 2 rings (SSSR count). The number of aliphatic hydroxyl groups is 1. The van der Waals surface area contributed by atoms with Gasteiger partial charge in [-0.05, 0) is 31.0 Å². The average Bonchev–Trinajstić information content (AvgIpc) is 2.37. The van der Waals surface area contributed by atoms with Crippen molar-refractivity contribution in [3.8, 4) is 0 Å². The molecule has 5 heteroatoms. The minimum Gasteiger partial charge on any atom is -0.388 e. The van der Waals surface area contributed by atoms with E-state index in [9.17, 15) is 13.5 Å². The summed E-state index contributed by atoms with van der Waals surface area (Å²) in [5, 5.41) is 9.76. The first kappa shape index (κ1) is 14.3. The molecule has 1 fully saturated rings. The molecular weight excluding hydrogens is 262 g/mol. The molecule has 2 unspecified atom stereocenters. The van der Waals surface area contributed by atoms with Gasteiger partial charge >= 0.3 is 0 Å². The molecule has 0 radical (unpaired) electrons. The van der Waals surface area contributed by atoms with Crippen molar-refractivity contribution in [2.75, 3.05) is 23.0 Å². The second-order valence-corrected chi connectivity index (χ2v) is 7.40. The summed E-state index contributed by atoms with van der Waals surface area (Å²) in [6.45, 7) is 4.42. The van der Waals surface area contributed by atoms with Crippen LogP contribution < -0.4 is 4.90 Å². The fourth-order valence-electron chi connectivity index (χ4n) is 2.51. The summed E-state index contributed by atoms with van der Waals surface area (Å²) >= 11 is 0. The second-order valence-electron chi connectivity index (χ2n) is 5.17. The van der Waals surface area contributed by atoms with Gasteiger partial charge in [-0.25, -0.2) is 8.42 Å². The van der Waals surface area contributed by atoms with E-state index >= 15 is 0 Å². The van der Waals surface area contributed by atoms with Crippen molar-refractivity contribution in [1.29, 1.82) is 0 Å². The highest BCUT2D eigenvalue weighted by Crippen LogP contribution is 2.24. The molecule has 0 aliphatic carbocycles. The number of aliphatic hydroxyl groups excluding tert-OH is 1. The molecule has 19 heavy (non-hydrogen) atoms. The van der Waals surface area contributed by atoms with E-state index in [-0.39, 0.29) is 17.5 Å². The summed E-state index contributed by atoms with van der Waals surface area (Å²) in [7, 11) is -2.88. The van der Waals surface area contributed by atoms with E-state index in [2.05, 4.69) is 4.90 Å². The molecule has 1 aliphatic rings. The first-order valence-corrected chi connectivity index (χ1v) is 8.50. The van der Waals surface area contributed by atoms with Gasteiger partial charge < -0.3 is 10.0 Å². The molecule has 0 spiro atoms. The Hall–Kier alpha value is -1.07. The fraction of sp³-hybridized carbons (Fsp3) is 0.571. The average molecular weight is 283 g/mol. The van der Waals surface area contributed by atoms with Crippen LogP contribution >= 0.6 is 0 Å². The molecule has 0 saturated carbocycles. The van der Waals surface area contributed by atoms with Gasteiger partial charge in [-0.3, -0.25) is 0 Å². The Morgan fingerprint density at radius 1 is 1.37 bits per heavy atom. The lowest BCUT2D eigenvalue weighted by Gasteiger charge is -2.35. The zero-order valence-electron chi connectivity index (χ0n) is 11.4. The normalized spacial score (nSPS) is 24.2. The SMILES string of the molecule is CCC(O)c1ccc(N2CCS(=O)(=O)CC2C)cc1. The first-order valence-electron chi connectivity index (χ1n) is 6.68. The summed E-state index contributed by atoms with van der Waals surface area (Å²) in [4.78, 5) is 2.11. The van der Waals surface area contributed by atoms with Crippen molar-refractivity contribution < 1.29 is 13.5 Å². The number of hydrogen-bond acceptors (Lipinski definition) is 4. The quantitative estimate of drug-likeness (QED) is 0.918. The Labute approximate surface area is 115 Å². The van der Waals surface area contributed by atoms with E-state index in [0.29, 0.717) is 13.0 Å². The number of nitrogens with zero attached hydrogens (tertiary/aromatic N) is 1. The van der Waals surface area contributed by atoms with Crippen LogP contribution in [0.5, 0.6) is 0 Å². The summed E-state index contributed by atoms with van der Waals surface area (Å²) in [5.74, 6) is 0.434. The lowest BCUT2D eigenvalue weighted by molar-refractivity contribution is 0.173. The fourth-order valence-corrected chi connectivity index (χ4v) is 4.06. The van der Waals surface area contributed by atoms with Gasteiger partial charge in [-0.2, -0.15) is 0 Å². The molecular formula is C14H21NO3S. The van der Waals surface area contributed by atoms with Crippen molar-refractivity contribution in [2.24, 2.45) is 0 Å². The predicted octanol–water partition coefficient (Wildman–Crippen LogP) is 1.75. The Kier molecular flexibility index (Phi) is 4.16. The van der Waals surface area contributed by atoms with Gasteiger partial charge in [0.2, 0.25) is 0 Å². The Morgan fingerprint density at radius 2 is 2.00 bits per heavy atom. The van der Waals surface area contributed by atoms with Gasteiger partial charge in [0.15, 0.2) is 9.84 Å². The van der Waals surface area contributed by atoms with Crippen LogP contribution in [0.1, 0.15) is 31.9 Å². The predicted molar refractivity (Wildman–Crippen MR) is 77.2 cm³/mol. The zero-order chi connectivity index (χ0) is 14.0. The summed E-state index contributed by atoms with van der Waals surface area (Å²) < 4.78 is 23.1. The molecule has 1 saturated heterocycles. The standard InChI is InChI=1S/C14H21NO3S/c1-3-14(16)12-4-6-13(7-5-12)15-8-9-19(17,18)10-11(15)2/h4-7,11,14,16H,3,8-10H2,1-2H3. The van der Waals surface area contributed by atoms with Crippen molar-refractivity contribution in [3.05, 3.63) is 29.8 Å².